The van der Waals surface area contributed by atoms with Crippen molar-refractivity contribution in [3.63, 3.8) is 0 Å². The Balaban J connectivity index is 1.86. The zero-order chi connectivity index (χ0) is 19.1. The minimum absolute atomic E-state index is 0.257. The third-order valence-electron chi connectivity index (χ3n) is 4.59. The summed E-state index contributed by atoms with van der Waals surface area (Å²) in [4.78, 5) is 27.2. The molecule has 6 nitrogen and oxygen atoms in total. The number of aromatic nitrogens is 1. The first kappa shape index (κ1) is 18.6. The lowest BCUT2D eigenvalue weighted by molar-refractivity contribution is -0.146. The molecule has 0 fully saturated rings. The van der Waals surface area contributed by atoms with Gasteiger partial charge in [0.25, 0.3) is 0 Å². The van der Waals surface area contributed by atoms with E-state index < -0.39 is 0 Å². The van der Waals surface area contributed by atoms with Crippen molar-refractivity contribution in [1.29, 1.82) is 0 Å². The Morgan fingerprint density at radius 1 is 1.26 bits per heavy atom. The second-order valence-corrected chi connectivity index (χ2v) is 6.28. The summed E-state index contributed by atoms with van der Waals surface area (Å²) in [5, 5.41) is 3.66. The molecule has 0 saturated heterocycles. The maximum absolute atomic E-state index is 12.1. The van der Waals surface area contributed by atoms with E-state index in [2.05, 4.69) is 10.3 Å². The van der Waals surface area contributed by atoms with Gasteiger partial charge in [0.1, 0.15) is 5.69 Å². The van der Waals surface area contributed by atoms with E-state index in [1.807, 2.05) is 42.5 Å². The van der Waals surface area contributed by atoms with Crippen LogP contribution in [0.25, 0.3) is 22.4 Å². The predicted molar refractivity (Wildman–Crippen MR) is 102 cm³/mol. The number of pyridine rings is 1. The van der Waals surface area contributed by atoms with Crippen molar-refractivity contribution >= 4 is 23.3 Å². The number of aryl methyl sites for hydroxylation is 1. The van der Waals surface area contributed by atoms with E-state index in [0.29, 0.717) is 38.0 Å². The number of hydrogen-bond acceptors (Lipinski definition) is 5. The summed E-state index contributed by atoms with van der Waals surface area (Å²) < 4.78 is 10.4. The summed E-state index contributed by atoms with van der Waals surface area (Å²) in [7, 11) is 1.39. The third kappa shape index (κ3) is 4.53. The van der Waals surface area contributed by atoms with Gasteiger partial charge in [-0.15, -0.1) is 0 Å². The number of methoxy groups -OCH3 is 1. The molecule has 2 aromatic heterocycles. The number of esters is 1. The summed E-state index contributed by atoms with van der Waals surface area (Å²) >= 11 is 0. The third-order valence-corrected chi connectivity index (χ3v) is 4.59. The van der Waals surface area contributed by atoms with Crippen LogP contribution in [0.2, 0.25) is 0 Å². The number of hydrogen-bond donors (Lipinski definition) is 1. The number of para-hydroxylation sites is 1. The van der Waals surface area contributed by atoms with Gasteiger partial charge in [-0.1, -0.05) is 18.2 Å². The van der Waals surface area contributed by atoms with E-state index in [4.69, 9.17) is 9.15 Å². The largest absolute Gasteiger partial charge is 0.469 e. The molecule has 3 rings (SSSR count). The highest BCUT2D eigenvalue weighted by atomic mass is 16.5. The topological polar surface area (TPSA) is 81.4 Å². The molecule has 0 saturated carbocycles. The smallest absolute Gasteiger partial charge is 0.308 e. The van der Waals surface area contributed by atoms with Crippen LogP contribution in [0, 0.1) is 5.92 Å². The minimum Gasteiger partial charge on any atom is -0.469 e. The number of carbonyl (C=O) groups excluding carboxylic acids is 2. The van der Waals surface area contributed by atoms with Gasteiger partial charge in [-0.2, -0.15) is 0 Å². The van der Waals surface area contributed by atoms with Crippen LogP contribution in [0.15, 0.2) is 53.1 Å². The van der Waals surface area contributed by atoms with Gasteiger partial charge in [0.2, 0.25) is 6.41 Å². The lowest BCUT2D eigenvalue weighted by Gasteiger charge is -2.15. The van der Waals surface area contributed by atoms with Gasteiger partial charge >= 0.3 is 5.97 Å². The number of rotatable bonds is 9. The normalized spacial score (nSPS) is 11.9. The monoisotopic (exact) mass is 366 g/mol. The minimum atomic E-state index is -0.276. The number of carbonyl (C=O) groups is 2. The zero-order valence-electron chi connectivity index (χ0n) is 15.2. The van der Waals surface area contributed by atoms with Crippen LogP contribution in [-0.4, -0.2) is 31.0 Å². The molecule has 0 bridgehead atoms. The fourth-order valence-corrected chi connectivity index (χ4v) is 3.20. The van der Waals surface area contributed by atoms with Gasteiger partial charge in [0.15, 0.2) is 5.76 Å². The molecule has 6 heteroatoms. The highest BCUT2D eigenvalue weighted by Crippen LogP contribution is 2.27. The fraction of sp³-hybridized carbons (Fsp3) is 0.286. The number of nitrogens with zero attached hydrogens (tertiary/aromatic N) is 1. The van der Waals surface area contributed by atoms with Crippen molar-refractivity contribution in [1.82, 2.24) is 10.3 Å². The average Bonchev–Trinajstić information content (AvgIpc) is 3.24. The summed E-state index contributed by atoms with van der Waals surface area (Å²) in [5.74, 6) is 0.176. The molecule has 0 spiro atoms. The Hall–Kier alpha value is -3.15. The Morgan fingerprint density at radius 2 is 2.11 bits per heavy atom. The first-order chi connectivity index (χ1) is 13.2. The summed E-state index contributed by atoms with van der Waals surface area (Å²) in [6.07, 6.45) is 4.12. The zero-order valence-corrected chi connectivity index (χ0v) is 15.2. The molecular formula is C21H22N2O4. The maximum atomic E-state index is 12.1. The van der Waals surface area contributed by atoms with Crippen LogP contribution >= 0.6 is 0 Å². The molecule has 2 heterocycles. The van der Waals surface area contributed by atoms with E-state index >= 15 is 0 Å². The Morgan fingerprint density at radius 3 is 2.85 bits per heavy atom. The highest BCUT2D eigenvalue weighted by Gasteiger charge is 2.19. The summed E-state index contributed by atoms with van der Waals surface area (Å²) in [6.45, 7) is 0.442. The molecule has 1 atom stereocenters. The average molecular weight is 366 g/mol. The van der Waals surface area contributed by atoms with Crippen LogP contribution < -0.4 is 5.32 Å². The second-order valence-electron chi connectivity index (χ2n) is 6.28. The Labute approximate surface area is 157 Å². The Bertz CT molecular complexity index is 906. The number of ether oxygens (including phenoxy) is 1. The molecule has 1 N–H and O–H groups in total. The molecule has 3 aromatic rings. The van der Waals surface area contributed by atoms with Crippen molar-refractivity contribution < 1.29 is 18.7 Å². The molecule has 0 aliphatic rings. The van der Waals surface area contributed by atoms with Gasteiger partial charge in [0, 0.05) is 11.9 Å². The standard InChI is InChI=1S/C21H22N2O4/c1-26-21(25)15(10-11-22-14-24)8-9-16-13-19(20-7-4-12-27-20)23-18-6-3-2-5-17(16)18/h2-7,12-15H,8-11H2,1H3,(H,22,24). The summed E-state index contributed by atoms with van der Waals surface area (Å²) in [5.41, 5.74) is 2.76. The van der Waals surface area contributed by atoms with Gasteiger partial charge in [0.05, 0.1) is 24.8 Å². The number of furan rings is 1. The molecular weight excluding hydrogens is 344 g/mol. The molecule has 0 radical (unpaired) electrons. The molecule has 1 aromatic carbocycles. The van der Waals surface area contributed by atoms with Gasteiger partial charge < -0.3 is 14.5 Å². The first-order valence-electron chi connectivity index (χ1n) is 8.90. The molecule has 0 aliphatic heterocycles. The SMILES string of the molecule is COC(=O)C(CCNC=O)CCc1cc(-c2ccco2)nc2ccccc12. The van der Waals surface area contributed by atoms with Crippen LogP contribution in [0.4, 0.5) is 0 Å². The van der Waals surface area contributed by atoms with E-state index in [-0.39, 0.29) is 11.9 Å². The first-order valence-corrected chi connectivity index (χ1v) is 8.90. The Kier molecular flexibility index (Phi) is 6.20. The highest BCUT2D eigenvalue weighted by molar-refractivity contribution is 5.84. The van der Waals surface area contributed by atoms with Crippen molar-refractivity contribution in [2.24, 2.45) is 5.92 Å². The molecule has 1 unspecified atom stereocenters. The van der Waals surface area contributed by atoms with E-state index in [0.717, 1.165) is 22.2 Å². The molecule has 27 heavy (non-hydrogen) atoms. The molecule has 0 aliphatic carbocycles. The van der Waals surface area contributed by atoms with Crippen LogP contribution in [0.3, 0.4) is 0 Å². The van der Waals surface area contributed by atoms with Crippen LogP contribution in [-0.2, 0) is 20.7 Å². The van der Waals surface area contributed by atoms with Gasteiger partial charge in [-0.3, -0.25) is 9.59 Å². The lowest BCUT2D eigenvalue weighted by atomic mass is 9.94. The number of benzene rings is 1. The lowest BCUT2D eigenvalue weighted by Crippen LogP contribution is -2.23. The van der Waals surface area contributed by atoms with Crippen molar-refractivity contribution in [2.75, 3.05) is 13.7 Å². The number of amides is 1. The maximum Gasteiger partial charge on any atom is 0.308 e. The fourth-order valence-electron chi connectivity index (χ4n) is 3.20. The molecule has 1 amide bonds. The number of fused-ring (bicyclic) bond motifs is 1. The molecule has 140 valence electrons. The summed E-state index contributed by atoms with van der Waals surface area (Å²) in [6, 6.07) is 13.7. The van der Waals surface area contributed by atoms with Crippen molar-refractivity contribution in [3.8, 4) is 11.5 Å². The predicted octanol–water partition coefficient (Wildman–Crippen LogP) is 3.35. The van der Waals surface area contributed by atoms with Gasteiger partial charge in [-0.05, 0) is 49.1 Å². The second kappa shape index (κ2) is 8.98. The van der Waals surface area contributed by atoms with Crippen molar-refractivity contribution in [2.45, 2.75) is 19.3 Å². The van der Waals surface area contributed by atoms with Gasteiger partial charge in [-0.25, -0.2) is 4.98 Å². The van der Waals surface area contributed by atoms with Crippen LogP contribution in [0.1, 0.15) is 18.4 Å². The van der Waals surface area contributed by atoms with E-state index in [9.17, 15) is 9.59 Å². The quantitative estimate of drug-likeness (QED) is 0.357. The van der Waals surface area contributed by atoms with Crippen molar-refractivity contribution in [3.05, 3.63) is 54.3 Å². The van der Waals surface area contributed by atoms with E-state index in [1.165, 1.54) is 7.11 Å². The van der Waals surface area contributed by atoms with Crippen LogP contribution in [0.5, 0.6) is 0 Å². The number of nitrogens with one attached hydrogen (secondary N) is 1. The van der Waals surface area contributed by atoms with E-state index in [1.54, 1.807) is 6.26 Å².